The smallest absolute Gasteiger partial charge is 0.407 e. The first-order valence-electron chi connectivity index (χ1n) is 6.35. The Bertz CT molecular complexity index is 544. The van der Waals surface area contributed by atoms with Crippen molar-refractivity contribution < 1.29 is 28.7 Å². The van der Waals surface area contributed by atoms with Crippen molar-refractivity contribution in [3.8, 4) is 0 Å². The molecule has 1 rings (SSSR count). The Kier molecular flexibility index (Phi) is 7.10. The molecule has 0 aliphatic rings. The van der Waals surface area contributed by atoms with E-state index in [2.05, 4.69) is 15.4 Å². The van der Waals surface area contributed by atoms with Crippen LogP contribution in [0.2, 0.25) is 0 Å². The zero-order valence-corrected chi connectivity index (χ0v) is 12.0. The summed E-state index contributed by atoms with van der Waals surface area (Å²) in [5.41, 5.74) is 0.811. The molecule has 22 heavy (non-hydrogen) atoms. The van der Waals surface area contributed by atoms with E-state index in [4.69, 9.17) is 4.74 Å². The third kappa shape index (κ3) is 6.51. The molecule has 8 nitrogen and oxygen atoms in total. The van der Waals surface area contributed by atoms with Gasteiger partial charge >= 0.3 is 12.1 Å². The van der Waals surface area contributed by atoms with Crippen LogP contribution in [0.15, 0.2) is 30.3 Å². The topological polar surface area (TPSA) is 111 Å². The summed E-state index contributed by atoms with van der Waals surface area (Å²) in [5.74, 6) is -2.56. The molecule has 0 aromatic heterocycles. The van der Waals surface area contributed by atoms with Gasteiger partial charge in [0.05, 0.1) is 13.7 Å². The van der Waals surface area contributed by atoms with Gasteiger partial charge in [-0.3, -0.25) is 9.59 Å². The highest BCUT2D eigenvalue weighted by molar-refractivity contribution is 6.34. The number of hydrogen-bond acceptors (Lipinski definition) is 6. The van der Waals surface area contributed by atoms with E-state index in [-0.39, 0.29) is 13.2 Å². The lowest BCUT2D eigenvalue weighted by molar-refractivity contribution is -0.151. The molecule has 0 spiro atoms. The molecule has 0 radical (unpaired) electrons. The van der Waals surface area contributed by atoms with Gasteiger partial charge in [0.2, 0.25) is 5.91 Å². The van der Waals surface area contributed by atoms with Crippen LogP contribution in [0, 0.1) is 0 Å². The van der Waals surface area contributed by atoms with Gasteiger partial charge in [0, 0.05) is 0 Å². The number of amides is 2. The van der Waals surface area contributed by atoms with Crippen LogP contribution in [0.3, 0.4) is 0 Å². The molecule has 2 amide bonds. The molecule has 0 bridgehead atoms. The minimum absolute atomic E-state index is 0.0785. The Labute approximate surface area is 126 Å². The molecule has 0 saturated heterocycles. The molecule has 1 aromatic rings. The van der Waals surface area contributed by atoms with Crippen molar-refractivity contribution in [2.24, 2.45) is 0 Å². The average Bonchev–Trinajstić information content (AvgIpc) is 2.55. The number of esters is 1. The molecule has 0 aliphatic heterocycles. The third-order valence-corrected chi connectivity index (χ3v) is 2.47. The fourth-order valence-corrected chi connectivity index (χ4v) is 1.35. The van der Waals surface area contributed by atoms with Crippen LogP contribution in [0.5, 0.6) is 0 Å². The second-order valence-electron chi connectivity index (χ2n) is 4.11. The minimum atomic E-state index is -1.05. The molecule has 0 saturated carbocycles. The number of carbonyl (C=O) groups excluding carboxylic acids is 4. The molecule has 1 aromatic carbocycles. The molecule has 2 N–H and O–H groups in total. The molecule has 0 heterocycles. The first kappa shape index (κ1) is 17.2. The molecular formula is C14H16N2O6. The van der Waals surface area contributed by atoms with Crippen LogP contribution >= 0.6 is 0 Å². The van der Waals surface area contributed by atoms with E-state index in [1.807, 2.05) is 18.2 Å². The summed E-state index contributed by atoms with van der Waals surface area (Å²) in [6.07, 6.45) is -0.765. The van der Waals surface area contributed by atoms with Crippen LogP contribution < -0.4 is 10.6 Å². The molecule has 118 valence electrons. The fourth-order valence-electron chi connectivity index (χ4n) is 1.35. The summed E-state index contributed by atoms with van der Waals surface area (Å²) >= 11 is 0. The Balaban J connectivity index is 2.19. The van der Waals surface area contributed by atoms with Crippen molar-refractivity contribution in [3.05, 3.63) is 35.9 Å². The fraction of sp³-hybridized carbons (Fsp3) is 0.286. The lowest BCUT2D eigenvalue weighted by Crippen LogP contribution is -2.40. The SMILES string of the molecule is COC(=O)C(=O)CNC(=O)CNC(=O)OCc1ccccc1. The molecule has 8 heteroatoms. The number of methoxy groups -OCH3 is 1. The predicted molar refractivity (Wildman–Crippen MR) is 74.7 cm³/mol. The number of rotatable bonds is 7. The molecule has 0 atom stereocenters. The van der Waals surface area contributed by atoms with Gasteiger partial charge in [-0.1, -0.05) is 30.3 Å². The van der Waals surface area contributed by atoms with Crippen molar-refractivity contribution in [2.45, 2.75) is 6.61 Å². The first-order valence-corrected chi connectivity index (χ1v) is 6.35. The normalized spacial score (nSPS) is 9.50. The largest absolute Gasteiger partial charge is 0.463 e. The predicted octanol–water partition coefficient (Wildman–Crippen LogP) is -0.229. The van der Waals surface area contributed by atoms with E-state index in [0.717, 1.165) is 12.7 Å². The second-order valence-corrected chi connectivity index (χ2v) is 4.11. The van der Waals surface area contributed by atoms with Gasteiger partial charge in [0.1, 0.15) is 13.2 Å². The summed E-state index contributed by atoms with van der Waals surface area (Å²) in [6.45, 7) is -0.788. The second kappa shape index (κ2) is 9.11. The van der Waals surface area contributed by atoms with E-state index in [9.17, 15) is 19.2 Å². The zero-order chi connectivity index (χ0) is 16.4. The number of ether oxygens (including phenoxy) is 2. The summed E-state index contributed by atoms with van der Waals surface area (Å²) in [5, 5.41) is 4.39. The maximum atomic E-state index is 11.4. The summed E-state index contributed by atoms with van der Waals surface area (Å²) in [4.78, 5) is 44.6. The highest BCUT2D eigenvalue weighted by Crippen LogP contribution is 2.00. The maximum absolute atomic E-state index is 11.4. The van der Waals surface area contributed by atoms with Crippen molar-refractivity contribution in [1.29, 1.82) is 0 Å². The van der Waals surface area contributed by atoms with Gasteiger partial charge < -0.3 is 20.1 Å². The Morgan fingerprint density at radius 1 is 1.00 bits per heavy atom. The molecule has 0 fully saturated rings. The Morgan fingerprint density at radius 2 is 1.68 bits per heavy atom. The Hall–Kier alpha value is -2.90. The molecule has 0 aliphatic carbocycles. The van der Waals surface area contributed by atoms with Crippen molar-refractivity contribution in [3.63, 3.8) is 0 Å². The highest BCUT2D eigenvalue weighted by Gasteiger charge is 2.15. The summed E-state index contributed by atoms with van der Waals surface area (Å²) in [7, 11) is 1.06. The van der Waals surface area contributed by atoms with Gasteiger partial charge in [-0.05, 0) is 5.56 Å². The number of ketones is 1. The number of carbonyl (C=O) groups is 4. The van der Waals surface area contributed by atoms with Crippen molar-refractivity contribution in [2.75, 3.05) is 20.2 Å². The van der Waals surface area contributed by atoms with E-state index in [1.165, 1.54) is 0 Å². The number of Topliss-reactive ketones (excluding diaryl/α,β-unsaturated/α-hetero) is 1. The molecule has 0 unspecified atom stereocenters. The maximum Gasteiger partial charge on any atom is 0.407 e. The van der Waals surface area contributed by atoms with Crippen LogP contribution in [0.4, 0.5) is 4.79 Å². The lowest BCUT2D eigenvalue weighted by Gasteiger charge is -2.07. The third-order valence-electron chi connectivity index (χ3n) is 2.47. The summed E-state index contributed by atoms with van der Waals surface area (Å²) < 4.78 is 9.08. The van der Waals surface area contributed by atoms with E-state index in [1.54, 1.807) is 12.1 Å². The summed E-state index contributed by atoms with van der Waals surface area (Å²) in [6, 6.07) is 9.03. The van der Waals surface area contributed by atoms with Gasteiger partial charge in [-0.25, -0.2) is 9.59 Å². The van der Waals surface area contributed by atoms with Crippen LogP contribution in [0.25, 0.3) is 0 Å². The molecular weight excluding hydrogens is 292 g/mol. The zero-order valence-electron chi connectivity index (χ0n) is 12.0. The van der Waals surface area contributed by atoms with Crippen molar-refractivity contribution >= 4 is 23.8 Å². The van der Waals surface area contributed by atoms with Crippen LogP contribution in [-0.2, 0) is 30.5 Å². The average molecular weight is 308 g/mol. The number of hydrogen-bond donors (Lipinski definition) is 2. The lowest BCUT2D eigenvalue weighted by atomic mass is 10.2. The van der Waals surface area contributed by atoms with E-state index >= 15 is 0 Å². The Morgan fingerprint density at radius 3 is 2.32 bits per heavy atom. The minimum Gasteiger partial charge on any atom is -0.463 e. The van der Waals surface area contributed by atoms with E-state index in [0.29, 0.717) is 0 Å². The van der Waals surface area contributed by atoms with Gasteiger partial charge in [-0.2, -0.15) is 0 Å². The first-order chi connectivity index (χ1) is 10.5. The quantitative estimate of drug-likeness (QED) is 0.532. The van der Waals surface area contributed by atoms with Gasteiger partial charge in [0.25, 0.3) is 5.78 Å². The van der Waals surface area contributed by atoms with Gasteiger partial charge in [-0.15, -0.1) is 0 Å². The number of alkyl carbamates (subject to hydrolysis) is 1. The highest BCUT2D eigenvalue weighted by atomic mass is 16.5. The van der Waals surface area contributed by atoms with Gasteiger partial charge in [0.15, 0.2) is 0 Å². The standard InChI is InChI=1S/C14H16N2O6/c1-21-13(19)11(17)7-15-12(18)8-16-14(20)22-9-10-5-3-2-4-6-10/h2-6H,7-9H2,1H3,(H,15,18)(H,16,20). The van der Waals surface area contributed by atoms with Crippen LogP contribution in [-0.4, -0.2) is 44.0 Å². The monoisotopic (exact) mass is 308 g/mol. The number of benzene rings is 1. The number of nitrogens with one attached hydrogen (secondary N) is 2. The van der Waals surface area contributed by atoms with Crippen LogP contribution in [0.1, 0.15) is 5.56 Å². The van der Waals surface area contributed by atoms with E-state index < -0.39 is 30.3 Å². The van der Waals surface area contributed by atoms with Crippen molar-refractivity contribution in [1.82, 2.24) is 10.6 Å².